The molecule has 4 rings (SSSR count). The summed E-state index contributed by atoms with van der Waals surface area (Å²) in [5.41, 5.74) is 2.13. The van der Waals surface area contributed by atoms with Crippen molar-refractivity contribution in [2.24, 2.45) is 5.92 Å². The number of hydrogen-bond donors (Lipinski definition) is 1. The Morgan fingerprint density at radius 3 is 2.66 bits per heavy atom. The van der Waals surface area contributed by atoms with E-state index < -0.39 is 0 Å². The van der Waals surface area contributed by atoms with Crippen molar-refractivity contribution in [1.29, 1.82) is 0 Å². The van der Waals surface area contributed by atoms with Crippen molar-refractivity contribution >= 4 is 17.7 Å². The predicted molar refractivity (Wildman–Crippen MR) is 127 cm³/mol. The first-order valence-electron chi connectivity index (χ1n) is 11.3. The molecule has 6 nitrogen and oxygen atoms in total. The summed E-state index contributed by atoms with van der Waals surface area (Å²) in [5, 5.41) is 7.26. The van der Waals surface area contributed by atoms with Gasteiger partial charge in [-0.25, -0.2) is 0 Å². The van der Waals surface area contributed by atoms with Crippen LogP contribution in [-0.4, -0.2) is 46.3 Å². The SMILES string of the molecule is Cc1ccccc1-c1noc(CN2CCC(C(=O)NCCCSc3ccccc3)CC2)n1. The van der Waals surface area contributed by atoms with Crippen LogP contribution in [0.1, 0.15) is 30.7 Å². The highest BCUT2D eigenvalue weighted by atomic mass is 32.2. The van der Waals surface area contributed by atoms with E-state index in [1.165, 1.54) is 4.90 Å². The highest BCUT2D eigenvalue weighted by Crippen LogP contribution is 2.22. The Kier molecular flexibility index (Phi) is 7.96. The summed E-state index contributed by atoms with van der Waals surface area (Å²) in [6.45, 7) is 5.14. The van der Waals surface area contributed by atoms with Crippen molar-refractivity contribution in [2.75, 3.05) is 25.4 Å². The fraction of sp³-hybridized carbons (Fsp3) is 0.400. The van der Waals surface area contributed by atoms with Gasteiger partial charge in [-0.15, -0.1) is 11.8 Å². The van der Waals surface area contributed by atoms with E-state index in [1.807, 2.05) is 49.0 Å². The van der Waals surface area contributed by atoms with Crippen LogP contribution in [0.5, 0.6) is 0 Å². The molecule has 0 unspecified atom stereocenters. The van der Waals surface area contributed by atoms with E-state index >= 15 is 0 Å². The molecule has 0 aliphatic carbocycles. The van der Waals surface area contributed by atoms with E-state index in [1.54, 1.807) is 0 Å². The van der Waals surface area contributed by atoms with Crippen molar-refractivity contribution in [3.8, 4) is 11.4 Å². The normalized spacial score (nSPS) is 15.0. The second-order valence-corrected chi connectivity index (χ2v) is 9.35. The van der Waals surface area contributed by atoms with E-state index in [9.17, 15) is 4.79 Å². The molecule has 32 heavy (non-hydrogen) atoms. The fourth-order valence-electron chi connectivity index (χ4n) is 3.93. The maximum absolute atomic E-state index is 12.5. The Bertz CT molecular complexity index is 1000. The lowest BCUT2D eigenvalue weighted by molar-refractivity contribution is -0.126. The molecule has 1 amide bonds. The van der Waals surface area contributed by atoms with Crippen LogP contribution in [-0.2, 0) is 11.3 Å². The maximum Gasteiger partial charge on any atom is 0.241 e. The van der Waals surface area contributed by atoms with Gasteiger partial charge in [-0.3, -0.25) is 9.69 Å². The largest absolute Gasteiger partial charge is 0.356 e. The zero-order valence-electron chi connectivity index (χ0n) is 18.5. The third-order valence-corrected chi connectivity index (χ3v) is 6.90. The average molecular weight is 451 g/mol. The smallest absolute Gasteiger partial charge is 0.241 e. The monoisotopic (exact) mass is 450 g/mol. The standard InChI is InChI=1S/C25H30N4O2S/c1-19-8-5-6-11-22(19)24-27-23(31-28-24)18-29-15-12-20(13-16-29)25(30)26-14-7-17-32-21-9-3-2-4-10-21/h2-6,8-11,20H,7,12-18H2,1H3,(H,26,30). The zero-order valence-corrected chi connectivity index (χ0v) is 19.3. The lowest BCUT2D eigenvalue weighted by atomic mass is 9.96. The van der Waals surface area contributed by atoms with Gasteiger partial charge in [0.15, 0.2) is 0 Å². The van der Waals surface area contributed by atoms with E-state index in [4.69, 9.17) is 4.52 Å². The van der Waals surface area contributed by atoms with Gasteiger partial charge in [-0.1, -0.05) is 47.6 Å². The van der Waals surface area contributed by atoms with Crippen LogP contribution in [0.3, 0.4) is 0 Å². The number of hydrogen-bond acceptors (Lipinski definition) is 6. The van der Waals surface area contributed by atoms with Gasteiger partial charge in [0.25, 0.3) is 0 Å². The molecule has 1 fully saturated rings. The summed E-state index contributed by atoms with van der Waals surface area (Å²) < 4.78 is 5.48. The van der Waals surface area contributed by atoms with Crippen LogP contribution < -0.4 is 5.32 Å². The molecule has 1 N–H and O–H groups in total. The summed E-state index contributed by atoms with van der Waals surface area (Å²) in [6.07, 6.45) is 2.71. The molecule has 1 aliphatic heterocycles. The molecular formula is C25H30N4O2S. The third-order valence-electron chi connectivity index (χ3n) is 5.80. The van der Waals surface area contributed by atoms with Crippen LogP contribution in [0.4, 0.5) is 0 Å². The topological polar surface area (TPSA) is 71.3 Å². The van der Waals surface area contributed by atoms with Gasteiger partial charge in [0.2, 0.25) is 17.6 Å². The Balaban J connectivity index is 1.15. The molecular weight excluding hydrogens is 420 g/mol. The number of rotatable bonds is 9. The lowest BCUT2D eigenvalue weighted by Gasteiger charge is -2.30. The van der Waals surface area contributed by atoms with Gasteiger partial charge >= 0.3 is 0 Å². The Labute approximate surface area is 193 Å². The number of piperidine rings is 1. The summed E-state index contributed by atoms with van der Waals surface area (Å²) in [4.78, 5) is 20.6. The minimum absolute atomic E-state index is 0.0956. The number of aromatic nitrogens is 2. The molecule has 0 saturated carbocycles. The molecule has 7 heteroatoms. The van der Waals surface area contributed by atoms with Crippen LogP contribution in [0.15, 0.2) is 64.0 Å². The highest BCUT2D eigenvalue weighted by molar-refractivity contribution is 7.99. The first kappa shape index (κ1) is 22.6. The van der Waals surface area contributed by atoms with E-state index in [-0.39, 0.29) is 11.8 Å². The lowest BCUT2D eigenvalue weighted by Crippen LogP contribution is -2.40. The zero-order chi connectivity index (χ0) is 22.2. The Morgan fingerprint density at radius 1 is 1.12 bits per heavy atom. The van der Waals surface area contributed by atoms with Crippen LogP contribution in [0, 0.1) is 12.8 Å². The van der Waals surface area contributed by atoms with Crippen LogP contribution >= 0.6 is 11.8 Å². The predicted octanol–water partition coefficient (Wildman–Crippen LogP) is 4.56. The number of thioether (sulfide) groups is 1. The molecule has 2 heterocycles. The summed E-state index contributed by atoms with van der Waals surface area (Å²) >= 11 is 1.83. The molecule has 0 spiro atoms. The number of benzene rings is 2. The first-order chi connectivity index (χ1) is 15.7. The molecule has 0 atom stereocenters. The molecule has 1 saturated heterocycles. The Hall–Kier alpha value is -2.64. The average Bonchev–Trinajstić information content (AvgIpc) is 3.28. The van der Waals surface area contributed by atoms with E-state index in [2.05, 4.69) is 44.6 Å². The molecule has 3 aromatic rings. The number of nitrogens with one attached hydrogen (secondary N) is 1. The number of likely N-dealkylation sites (tertiary alicyclic amines) is 1. The van der Waals surface area contributed by atoms with Crippen molar-refractivity contribution in [2.45, 2.75) is 37.6 Å². The molecule has 2 aromatic carbocycles. The number of carbonyl (C=O) groups is 1. The molecule has 0 bridgehead atoms. The van der Waals surface area contributed by atoms with Gasteiger partial charge in [0.05, 0.1) is 6.54 Å². The minimum atomic E-state index is 0.0956. The highest BCUT2D eigenvalue weighted by Gasteiger charge is 2.25. The van der Waals surface area contributed by atoms with Crippen LogP contribution in [0.2, 0.25) is 0 Å². The summed E-state index contributed by atoms with van der Waals surface area (Å²) in [6, 6.07) is 18.4. The fourth-order valence-corrected chi connectivity index (χ4v) is 4.81. The van der Waals surface area contributed by atoms with Gasteiger partial charge in [0, 0.05) is 22.9 Å². The van der Waals surface area contributed by atoms with Crippen molar-refractivity contribution < 1.29 is 9.32 Å². The van der Waals surface area contributed by atoms with Crippen LogP contribution in [0.25, 0.3) is 11.4 Å². The van der Waals surface area contributed by atoms with Gasteiger partial charge in [-0.05, 0) is 62.7 Å². The van der Waals surface area contributed by atoms with Crippen molar-refractivity contribution in [3.05, 3.63) is 66.1 Å². The second-order valence-electron chi connectivity index (χ2n) is 8.18. The number of aryl methyl sites for hydroxylation is 1. The van der Waals surface area contributed by atoms with Crippen molar-refractivity contribution in [1.82, 2.24) is 20.4 Å². The molecule has 0 radical (unpaired) electrons. The van der Waals surface area contributed by atoms with Gasteiger partial charge in [-0.2, -0.15) is 4.98 Å². The quantitative estimate of drug-likeness (QED) is 0.381. The van der Waals surface area contributed by atoms with E-state index in [0.29, 0.717) is 18.3 Å². The minimum Gasteiger partial charge on any atom is -0.356 e. The summed E-state index contributed by atoms with van der Waals surface area (Å²) in [7, 11) is 0. The Morgan fingerprint density at radius 2 is 1.88 bits per heavy atom. The number of nitrogens with zero attached hydrogens (tertiary/aromatic N) is 3. The number of carbonyl (C=O) groups excluding carboxylic acids is 1. The van der Waals surface area contributed by atoms with Gasteiger partial charge < -0.3 is 9.84 Å². The molecule has 1 aromatic heterocycles. The molecule has 168 valence electrons. The summed E-state index contributed by atoms with van der Waals surface area (Å²) in [5.74, 6) is 2.56. The molecule has 1 aliphatic rings. The van der Waals surface area contributed by atoms with Crippen molar-refractivity contribution in [3.63, 3.8) is 0 Å². The van der Waals surface area contributed by atoms with E-state index in [0.717, 1.165) is 55.8 Å². The second kappa shape index (κ2) is 11.3. The maximum atomic E-state index is 12.5. The first-order valence-corrected chi connectivity index (χ1v) is 12.2. The third kappa shape index (κ3) is 6.20. The number of amides is 1. The van der Waals surface area contributed by atoms with Gasteiger partial charge in [0.1, 0.15) is 0 Å².